The molecule has 0 radical (unpaired) electrons. The zero-order valence-electron chi connectivity index (χ0n) is 11.4. The summed E-state index contributed by atoms with van der Waals surface area (Å²) >= 11 is 0. The molecule has 0 aliphatic heterocycles. The summed E-state index contributed by atoms with van der Waals surface area (Å²) in [7, 11) is 0. The van der Waals surface area contributed by atoms with E-state index in [0.29, 0.717) is 6.04 Å². The molecule has 0 fully saturated rings. The molecule has 2 rings (SSSR count). The molecule has 0 aromatic heterocycles. The Labute approximate surface area is 110 Å². The van der Waals surface area contributed by atoms with Crippen LogP contribution in [0, 0.1) is 0 Å². The fourth-order valence-corrected chi connectivity index (χ4v) is 2.29. The van der Waals surface area contributed by atoms with E-state index in [9.17, 15) is 0 Å². The van der Waals surface area contributed by atoms with Gasteiger partial charge in [-0.2, -0.15) is 0 Å². The summed E-state index contributed by atoms with van der Waals surface area (Å²) in [6, 6.07) is 15.7. The van der Waals surface area contributed by atoms with Crippen LogP contribution in [0.25, 0.3) is 10.8 Å². The highest BCUT2D eigenvalue weighted by molar-refractivity contribution is 5.83. The number of hydrogen-bond donors (Lipinski definition) is 1. The lowest BCUT2D eigenvalue weighted by Crippen LogP contribution is -2.19. The van der Waals surface area contributed by atoms with E-state index in [1.807, 2.05) is 0 Å². The second-order valence-electron chi connectivity index (χ2n) is 4.99. The van der Waals surface area contributed by atoms with E-state index in [-0.39, 0.29) is 0 Å². The quantitative estimate of drug-likeness (QED) is 0.724. The van der Waals surface area contributed by atoms with Crippen LogP contribution in [0.5, 0.6) is 0 Å². The summed E-state index contributed by atoms with van der Waals surface area (Å²) in [6.45, 7) is 5.60. The molecule has 0 aliphatic rings. The molecule has 1 heteroatoms. The molecule has 0 saturated heterocycles. The van der Waals surface area contributed by atoms with Gasteiger partial charge in [-0.1, -0.05) is 56.2 Å². The molecule has 0 amide bonds. The van der Waals surface area contributed by atoms with Gasteiger partial charge in [-0.05, 0) is 42.3 Å². The fraction of sp³-hybridized carbons (Fsp3) is 0.412. The van der Waals surface area contributed by atoms with Crippen LogP contribution in [-0.2, 0) is 0 Å². The normalized spacial score (nSPS) is 12.8. The first-order chi connectivity index (χ1) is 8.81. The lowest BCUT2D eigenvalue weighted by molar-refractivity contribution is 0.544. The van der Waals surface area contributed by atoms with Crippen LogP contribution in [0.1, 0.15) is 44.7 Å². The van der Waals surface area contributed by atoms with E-state index in [0.717, 1.165) is 6.54 Å². The monoisotopic (exact) mass is 241 g/mol. The van der Waals surface area contributed by atoms with E-state index in [1.54, 1.807) is 0 Å². The van der Waals surface area contributed by atoms with Crippen LogP contribution >= 0.6 is 0 Å². The van der Waals surface area contributed by atoms with Crippen LogP contribution in [0.2, 0.25) is 0 Å². The largest absolute Gasteiger partial charge is 0.310 e. The van der Waals surface area contributed by atoms with Gasteiger partial charge in [0.2, 0.25) is 0 Å². The van der Waals surface area contributed by atoms with Crippen molar-refractivity contribution in [3.63, 3.8) is 0 Å². The molecule has 2 aromatic carbocycles. The summed E-state index contributed by atoms with van der Waals surface area (Å²) in [5.41, 5.74) is 1.38. The molecule has 0 spiro atoms. The van der Waals surface area contributed by atoms with E-state index in [1.165, 1.54) is 35.6 Å². The highest BCUT2D eigenvalue weighted by Gasteiger charge is 2.04. The van der Waals surface area contributed by atoms with Crippen LogP contribution in [-0.4, -0.2) is 6.54 Å². The minimum absolute atomic E-state index is 0.437. The molecule has 2 aromatic rings. The first kappa shape index (κ1) is 13.1. The molecule has 1 N–H and O–H groups in total. The Kier molecular flexibility index (Phi) is 4.77. The average Bonchev–Trinajstić information content (AvgIpc) is 2.43. The van der Waals surface area contributed by atoms with Crippen molar-refractivity contribution in [3.05, 3.63) is 48.0 Å². The van der Waals surface area contributed by atoms with E-state index in [4.69, 9.17) is 0 Å². The van der Waals surface area contributed by atoms with E-state index in [2.05, 4.69) is 61.6 Å². The Morgan fingerprint density at radius 2 is 1.78 bits per heavy atom. The molecule has 18 heavy (non-hydrogen) atoms. The first-order valence-electron chi connectivity index (χ1n) is 7.03. The van der Waals surface area contributed by atoms with Crippen molar-refractivity contribution in [2.75, 3.05) is 6.54 Å². The number of nitrogens with one attached hydrogen (secondary N) is 1. The zero-order chi connectivity index (χ0) is 12.8. The Morgan fingerprint density at radius 3 is 2.56 bits per heavy atom. The van der Waals surface area contributed by atoms with Gasteiger partial charge in [0.05, 0.1) is 0 Å². The average molecular weight is 241 g/mol. The van der Waals surface area contributed by atoms with Gasteiger partial charge in [0.25, 0.3) is 0 Å². The van der Waals surface area contributed by atoms with Crippen molar-refractivity contribution < 1.29 is 0 Å². The van der Waals surface area contributed by atoms with E-state index >= 15 is 0 Å². The molecular formula is C17H23N. The molecule has 96 valence electrons. The van der Waals surface area contributed by atoms with Crippen molar-refractivity contribution in [1.29, 1.82) is 0 Å². The number of fused-ring (bicyclic) bond motifs is 1. The smallest absolute Gasteiger partial charge is 0.0292 e. The first-order valence-corrected chi connectivity index (χ1v) is 7.03. The van der Waals surface area contributed by atoms with Crippen LogP contribution in [0.4, 0.5) is 0 Å². The Hall–Kier alpha value is -1.34. The van der Waals surface area contributed by atoms with Gasteiger partial charge < -0.3 is 5.32 Å². The third-order valence-electron chi connectivity index (χ3n) is 3.50. The third-order valence-corrected chi connectivity index (χ3v) is 3.50. The molecule has 1 atom stereocenters. The number of benzene rings is 2. The van der Waals surface area contributed by atoms with Crippen molar-refractivity contribution in [2.45, 2.75) is 39.2 Å². The maximum atomic E-state index is 3.60. The maximum Gasteiger partial charge on any atom is 0.0292 e. The van der Waals surface area contributed by atoms with Gasteiger partial charge >= 0.3 is 0 Å². The van der Waals surface area contributed by atoms with E-state index < -0.39 is 0 Å². The molecule has 1 nitrogen and oxygen atoms in total. The van der Waals surface area contributed by atoms with Gasteiger partial charge in [-0.25, -0.2) is 0 Å². The lowest BCUT2D eigenvalue weighted by atomic mass is 10.0. The molecule has 0 saturated carbocycles. The highest BCUT2D eigenvalue weighted by atomic mass is 14.9. The maximum absolute atomic E-state index is 3.60. The third kappa shape index (κ3) is 3.33. The SMILES string of the molecule is CCCCCNC(C)c1ccc2ccccc2c1. The minimum Gasteiger partial charge on any atom is -0.310 e. The van der Waals surface area contributed by atoms with Crippen LogP contribution in [0.3, 0.4) is 0 Å². The summed E-state index contributed by atoms with van der Waals surface area (Å²) < 4.78 is 0. The van der Waals surface area contributed by atoms with Crippen molar-refractivity contribution in [2.24, 2.45) is 0 Å². The van der Waals surface area contributed by atoms with Crippen molar-refractivity contribution >= 4 is 10.8 Å². The molecule has 1 unspecified atom stereocenters. The Balaban J connectivity index is 2.01. The Bertz CT molecular complexity index is 490. The summed E-state index contributed by atoms with van der Waals surface area (Å²) in [6.07, 6.45) is 3.87. The fourth-order valence-electron chi connectivity index (χ4n) is 2.29. The second kappa shape index (κ2) is 6.55. The zero-order valence-corrected chi connectivity index (χ0v) is 11.4. The van der Waals surface area contributed by atoms with Crippen molar-refractivity contribution in [3.8, 4) is 0 Å². The standard InChI is InChI=1S/C17H23N/c1-3-4-7-12-18-14(2)16-11-10-15-8-5-6-9-17(15)13-16/h5-6,8-11,13-14,18H,3-4,7,12H2,1-2H3. The summed E-state index contributed by atoms with van der Waals surface area (Å²) in [4.78, 5) is 0. The Morgan fingerprint density at radius 1 is 1.00 bits per heavy atom. The second-order valence-corrected chi connectivity index (χ2v) is 4.99. The molecule has 0 aliphatic carbocycles. The number of unbranched alkanes of at least 4 members (excludes halogenated alkanes) is 2. The van der Waals surface area contributed by atoms with Gasteiger partial charge in [-0.15, -0.1) is 0 Å². The number of rotatable bonds is 6. The highest BCUT2D eigenvalue weighted by Crippen LogP contribution is 2.20. The lowest BCUT2D eigenvalue weighted by Gasteiger charge is -2.14. The van der Waals surface area contributed by atoms with Crippen molar-refractivity contribution in [1.82, 2.24) is 5.32 Å². The number of hydrogen-bond acceptors (Lipinski definition) is 1. The molecule has 0 heterocycles. The van der Waals surface area contributed by atoms with Crippen LogP contribution < -0.4 is 5.32 Å². The van der Waals surface area contributed by atoms with Crippen LogP contribution in [0.15, 0.2) is 42.5 Å². The molecule has 0 bridgehead atoms. The summed E-state index contributed by atoms with van der Waals surface area (Å²) in [5.74, 6) is 0. The minimum atomic E-state index is 0.437. The van der Waals surface area contributed by atoms with Gasteiger partial charge in [-0.3, -0.25) is 0 Å². The predicted molar refractivity (Wildman–Crippen MR) is 79.9 cm³/mol. The predicted octanol–water partition coefficient (Wildman–Crippen LogP) is 4.68. The van der Waals surface area contributed by atoms with Gasteiger partial charge in [0.15, 0.2) is 0 Å². The van der Waals surface area contributed by atoms with Gasteiger partial charge in [0.1, 0.15) is 0 Å². The summed E-state index contributed by atoms with van der Waals surface area (Å²) in [5, 5.41) is 6.25. The molecular weight excluding hydrogens is 218 g/mol. The topological polar surface area (TPSA) is 12.0 Å². The van der Waals surface area contributed by atoms with Gasteiger partial charge in [0, 0.05) is 6.04 Å².